The minimum Gasteiger partial charge on any atom is -0.416 e. The number of hydrogen-bond donors (Lipinski definition) is 0. The van der Waals surface area contributed by atoms with Crippen molar-refractivity contribution in [2.24, 2.45) is 5.92 Å². The van der Waals surface area contributed by atoms with Crippen LogP contribution >= 0.6 is 0 Å². The van der Waals surface area contributed by atoms with Crippen LogP contribution in [0.25, 0.3) is 0 Å². The van der Waals surface area contributed by atoms with Gasteiger partial charge in [-0.1, -0.05) is 81.1 Å². The fraction of sp³-hybridized carbons (Fsp3) is 1.00. The Morgan fingerprint density at radius 1 is 0.700 bits per heavy atom. The summed E-state index contributed by atoms with van der Waals surface area (Å²) in [6.07, 6.45) is 6.31. The highest BCUT2D eigenvalue weighted by molar-refractivity contribution is 6.77. The molecule has 0 rings (SSSR count). The molecule has 0 radical (unpaired) electrons. The van der Waals surface area contributed by atoms with Gasteiger partial charge >= 0.3 is 0 Å². The highest BCUT2D eigenvalue weighted by Gasteiger charge is 2.48. The first kappa shape index (κ1) is 20.2. The standard InChI is InChI=1S/C18H40OSi/c1-9-15(5)13-14-19-20(16(6)10-2,17(7)11-3)18(8)12-4/h15-18H,9-14H2,1-8H3. The molecule has 0 fully saturated rings. The second kappa shape index (κ2) is 10.00. The van der Waals surface area contributed by atoms with Gasteiger partial charge in [-0.05, 0) is 29.0 Å². The molecule has 20 heavy (non-hydrogen) atoms. The molecule has 0 aromatic rings. The maximum absolute atomic E-state index is 6.80. The van der Waals surface area contributed by atoms with Gasteiger partial charge in [-0.2, -0.15) is 0 Å². The monoisotopic (exact) mass is 300 g/mol. The molecule has 2 heteroatoms. The predicted molar refractivity (Wildman–Crippen MR) is 94.9 cm³/mol. The van der Waals surface area contributed by atoms with Gasteiger partial charge in [0.05, 0.1) is 0 Å². The van der Waals surface area contributed by atoms with E-state index in [-0.39, 0.29) is 0 Å². The fourth-order valence-electron chi connectivity index (χ4n) is 3.48. The maximum atomic E-state index is 6.80. The van der Waals surface area contributed by atoms with Crippen LogP contribution in [0.4, 0.5) is 0 Å². The van der Waals surface area contributed by atoms with Crippen LogP contribution in [0.1, 0.15) is 87.5 Å². The van der Waals surface area contributed by atoms with Gasteiger partial charge in [-0.25, -0.2) is 0 Å². The zero-order valence-electron chi connectivity index (χ0n) is 15.5. The van der Waals surface area contributed by atoms with E-state index in [2.05, 4.69) is 55.4 Å². The largest absolute Gasteiger partial charge is 0.416 e. The topological polar surface area (TPSA) is 9.23 Å². The molecule has 0 saturated heterocycles. The summed E-state index contributed by atoms with van der Waals surface area (Å²) in [5, 5.41) is 0. The van der Waals surface area contributed by atoms with Gasteiger partial charge in [0, 0.05) is 6.61 Å². The molecule has 0 aromatic heterocycles. The summed E-state index contributed by atoms with van der Waals surface area (Å²) < 4.78 is 6.80. The van der Waals surface area contributed by atoms with Crippen LogP contribution in [-0.4, -0.2) is 14.9 Å². The van der Waals surface area contributed by atoms with Crippen LogP contribution in [0.3, 0.4) is 0 Å². The van der Waals surface area contributed by atoms with Gasteiger partial charge < -0.3 is 4.43 Å². The molecule has 1 nitrogen and oxygen atoms in total. The fourth-order valence-corrected chi connectivity index (χ4v) is 9.64. The van der Waals surface area contributed by atoms with Crippen LogP contribution in [0.2, 0.25) is 16.6 Å². The molecule has 0 heterocycles. The van der Waals surface area contributed by atoms with Crippen LogP contribution < -0.4 is 0 Å². The normalized spacial score (nSPS) is 21.0. The highest BCUT2D eigenvalue weighted by Crippen LogP contribution is 2.47. The summed E-state index contributed by atoms with van der Waals surface area (Å²) in [5.74, 6) is 0.799. The Morgan fingerprint density at radius 3 is 1.40 bits per heavy atom. The quantitative estimate of drug-likeness (QED) is 0.382. The van der Waals surface area contributed by atoms with Gasteiger partial charge in [0.1, 0.15) is 0 Å². The van der Waals surface area contributed by atoms with E-state index in [0.29, 0.717) is 0 Å². The lowest BCUT2D eigenvalue weighted by Crippen LogP contribution is -2.50. The molecular formula is C18H40OSi. The first-order valence-electron chi connectivity index (χ1n) is 9.04. The van der Waals surface area contributed by atoms with Gasteiger partial charge in [0.15, 0.2) is 0 Å². The molecule has 0 N–H and O–H groups in total. The third-order valence-electron chi connectivity index (χ3n) is 5.81. The molecule has 0 aliphatic heterocycles. The molecule has 4 atom stereocenters. The Balaban J connectivity index is 5.08. The molecular weight excluding hydrogens is 260 g/mol. The lowest BCUT2D eigenvalue weighted by Gasteiger charge is -2.45. The number of hydrogen-bond acceptors (Lipinski definition) is 1. The molecule has 0 aliphatic carbocycles. The second-order valence-electron chi connectivity index (χ2n) is 6.93. The maximum Gasteiger partial charge on any atom is 0.201 e. The first-order valence-corrected chi connectivity index (χ1v) is 11.2. The third kappa shape index (κ3) is 4.87. The second-order valence-corrected chi connectivity index (χ2v) is 11.9. The van der Waals surface area contributed by atoms with Crippen LogP contribution in [0, 0.1) is 5.92 Å². The van der Waals surface area contributed by atoms with Gasteiger partial charge in [0.25, 0.3) is 0 Å². The van der Waals surface area contributed by atoms with Crippen LogP contribution in [-0.2, 0) is 4.43 Å². The van der Waals surface area contributed by atoms with Gasteiger partial charge in [0.2, 0.25) is 8.32 Å². The van der Waals surface area contributed by atoms with Crippen molar-refractivity contribution in [3.05, 3.63) is 0 Å². The Labute approximate surface area is 130 Å². The molecule has 122 valence electrons. The summed E-state index contributed by atoms with van der Waals surface area (Å²) in [4.78, 5) is 0. The molecule has 4 unspecified atom stereocenters. The van der Waals surface area contributed by atoms with E-state index >= 15 is 0 Å². The van der Waals surface area contributed by atoms with Crippen molar-refractivity contribution in [1.82, 2.24) is 0 Å². The molecule has 0 aliphatic rings. The number of rotatable bonds is 11. The molecule has 0 bridgehead atoms. The molecule has 0 aromatic carbocycles. The Hall–Kier alpha value is 0.177. The zero-order valence-corrected chi connectivity index (χ0v) is 16.5. The van der Waals surface area contributed by atoms with Gasteiger partial charge in [-0.3, -0.25) is 0 Å². The van der Waals surface area contributed by atoms with Crippen molar-refractivity contribution in [1.29, 1.82) is 0 Å². The summed E-state index contributed by atoms with van der Waals surface area (Å²) in [5.41, 5.74) is 2.30. The summed E-state index contributed by atoms with van der Waals surface area (Å²) in [6, 6.07) is 0. The van der Waals surface area contributed by atoms with E-state index in [9.17, 15) is 0 Å². The van der Waals surface area contributed by atoms with E-state index in [1.807, 2.05) is 0 Å². The molecule has 0 spiro atoms. The van der Waals surface area contributed by atoms with E-state index in [0.717, 1.165) is 29.1 Å². The van der Waals surface area contributed by atoms with E-state index in [1.165, 1.54) is 32.1 Å². The van der Waals surface area contributed by atoms with Crippen molar-refractivity contribution in [2.45, 2.75) is 104 Å². The average molecular weight is 301 g/mol. The van der Waals surface area contributed by atoms with Crippen molar-refractivity contribution >= 4 is 8.32 Å². The first-order chi connectivity index (χ1) is 9.40. The van der Waals surface area contributed by atoms with Crippen molar-refractivity contribution in [3.63, 3.8) is 0 Å². The average Bonchev–Trinajstić information content (AvgIpc) is 2.48. The minimum atomic E-state index is -1.69. The highest BCUT2D eigenvalue weighted by atomic mass is 28.4. The molecule has 0 saturated carbocycles. The Kier molecular flexibility index (Phi) is 10.1. The zero-order chi connectivity index (χ0) is 15.8. The van der Waals surface area contributed by atoms with E-state index in [4.69, 9.17) is 4.43 Å². The Morgan fingerprint density at radius 2 is 1.10 bits per heavy atom. The van der Waals surface area contributed by atoms with Crippen LogP contribution in [0.5, 0.6) is 0 Å². The van der Waals surface area contributed by atoms with Crippen LogP contribution in [0.15, 0.2) is 0 Å². The predicted octanol–water partition coefficient (Wildman–Crippen LogP) is 6.79. The Bertz CT molecular complexity index is 215. The van der Waals surface area contributed by atoms with Crippen molar-refractivity contribution < 1.29 is 4.43 Å². The third-order valence-corrected chi connectivity index (χ3v) is 12.4. The lowest BCUT2D eigenvalue weighted by molar-refractivity contribution is 0.244. The van der Waals surface area contributed by atoms with Gasteiger partial charge in [-0.15, -0.1) is 0 Å². The minimum absolute atomic E-state index is 0.768. The molecule has 0 amide bonds. The smallest absolute Gasteiger partial charge is 0.201 e. The van der Waals surface area contributed by atoms with Crippen molar-refractivity contribution in [3.8, 4) is 0 Å². The van der Waals surface area contributed by atoms with Crippen molar-refractivity contribution in [2.75, 3.05) is 6.61 Å². The van der Waals surface area contributed by atoms with E-state index in [1.54, 1.807) is 0 Å². The lowest BCUT2D eigenvalue weighted by atomic mass is 10.1. The summed E-state index contributed by atoms with van der Waals surface area (Å²) >= 11 is 0. The summed E-state index contributed by atoms with van der Waals surface area (Å²) in [6.45, 7) is 20.0. The summed E-state index contributed by atoms with van der Waals surface area (Å²) in [7, 11) is -1.69. The SMILES string of the molecule is CCC(C)CCO[Si](C(C)CC)(C(C)CC)C(C)CC. The van der Waals surface area contributed by atoms with E-state index < -0.39 is 8.32 Å².